The van der Waals surface area contributed by atoms with Gasteiger partial charge in [0.15, 0.2) is 11.6 Å². The number of fused-ring (bicyclic) bond motifs is 1. The molecule has 0 fully saturated rings. The zero-order valence-corrected chi connectivity index (χ0v) is 15.9. The van der Waals surface area contributed by atoms with Crippen LogP contribution in [-0.2, 0) is 9.59 Å². The highest BCUT2D eigenvalue weighted by atomic mass is 32.1. The van der Waals surface area contributed by atoms with E-state index in [0.717, 1.165) is 17.0 Å². The fraction of sp³-hybridized carbons (Fsp3) is 0.0952. The predicted octanol–water partition coefficient (Wildman–Crippen LogP) is 4.52. The van der Waals surface area contributed by atoms with Crippen LogP contribution < -0.4 is 10.2 Å². The van der Waals surface area contributed by atoms with Gasteiger partial charge in [-0.15, -0.1) is 11.3 Å². The first kappa shape index (κ1) is 18.9. The number of carbonyl (C=O) groups excluding carboxylic acids is 2. The van der Waals surface area contributed by atoms with E-state index >= 15 is 0 Å². The molecule has 29 heavy (non-hydrogen) atoms. The van der Waals surface area contributed by atoms with Crippen LogP contribution in [0.25, 0.3) is 0 Å². The number of anilines is 2. The summed E-state index contributed by atoms with van der Waals surface area (Å²) in [5.74, 6) is -2.87. The molecule has 0 saturated heterocycles. The molecule has 3 aromatic rings. The first-order chi connectivity index (χ1) is 14.0. The van der Waals surface area contributed by atoms with Crippen LogP contribution in [0.4, 0.5) is 25.8 Å². The molecule has 0 aliphatic carbocycles. The van der Waals surface area contributed by atoms with Crippen LogP contribution in [0.2, 0.25) is 0 Å². The van der Waals surface area contributed by atoms with E-state index in [1.54, 1.807) is 18.2 Å². The minimum Gasteiger partial charge on any atom is -0.324 e. The summed E-state index contributed by atoms with van der Waals surface area (Å²) in [6, 6.07) is 13.9. The third-order valence-corrected chi connectivity index (χ3v) is 5.28. The summed E-state index contributed by atoms with van der Waals surface area (Å²) >= 11 is 1.49. The number of halogens is 2. The monoisotopic (exact) mass is 411 g/mol. The number of rotatable bonds is 4. The van der Waals surface area contributed by atoms with Gasteiger partial charge in [0.25, 0.3) is 0 Å². The van der Waals surface area contributed by atoms with E-state index in [2.05, 4.69) is 10.3 Å². The summed E-state index contributed by atoms with van der Waals surface area (Å²) in [4.78, 5) is 32.3. The smallest absolute Gasteiger partial charge is 0.244 e. The number of benzene rings is 2. The van der Waals surface area contributed by atoms with Gasteiger partial charge < -0.3 is 10.2 Å². The van der Waals surface area contributed by atoms with Gasteiger partial charge in [0.1, 0.15) is 6.54 Å². The third kappa shape index (κ3) is 4.07. The molecule has 0 saturated carbocycles. The Morgan fingerprint density at radius 2 is 1.93 bits per heavy atom. The maximum absolute atomic E-state index is 13.4. The molecule has 2 aromatic carbocycles. The molecule has 8 heteroatoms. The number of para-hydroxylation sites is 2. The van der Waals surface area contributed by atoms with Crippen molar-refractivity contribution in [1.82, 2.24) is 0 Å². The first-order valence-corrected chi connectivity index (χ1v) is 9.65. The van der Waals surface area contributed by atoms with E-state index in [1.165, 1.54) is 22.3 Å². The Hall–Kier alpha value is -3.39. The van der Waals surface area contributed by atoms with Crippen LogP contribution in [0.15, 0.2) is 65.0 Å². The molecule has 0 unspecified atom stereocenters. The Balaban J connectivity index is 1.59. The standard InChI is InChI=1S/C21H15F2N3O2S/c22-14-8-7-13(10-15(14)23)24-20(27)12-26-18-5-2-1-4-16(18)25-17(11-21(26)28)19-6-3-9-29-19/h1-10H,11-12H2,(H,24,27). The molecular weight excluding hydrogens is 396 g/mol. The SMILES string of the molecule is O=C(CN1C(=O)CC(c2cccs2)=Nc2ccccc21)Nc1ccc(F)c(F)c1. The second kappa shape index (κ2) is 7.92. The van der Waals surface area contributed by atoms with Crippen LogP contribution in [0, 0.1) is 11.6 Å². The molecule has 4 rings (SSSR count). The van der Waals surface area contributed by atoms with Gasteiger partial charge in [-0.2, -0.15) is 0 Å². The molecule has 146 valence electrons. The molecule has 5 nitrogen and oxygen atoms in total. The summed E-state index contributed by atoms with van der Waals surface area (Å²) in [5, 5.41) is 4.40. The van der Waals surface area contributed by atoms with Crippen LogP contribution in [0.3, 0.4) is 0 Å². The van der Waals surface area contributed by atoms with Crippen molar-refractivity contribution in [3.05, 3.63) is 76.5 Å². The lowest BCUT2D eigenvalue weighted by atomic mass is 10.2. The number of hydrogen-bond donors (Lipinski definition) is 1. The number of aliphatic imine (C=N–C) groups is 1. The van der Waals surface area contributed by atoms with E-state index in [9.17, 15) is 18.4 Å². The Morgan fingerprint density at radius 1 is 1.10 bits per heavy atom. The second-order valence-corrected chi connectivity index (χ2v) is 7.31. The topological polar surface area (TPSA) is 61.8 Å². The number of nitrogens with zero attached hydrogens (tertiary/aromatic N) is 2. The van der Waals surface area contributed by atoms with Gasteiger partial charge in [-0.1, -0.05) is 18.2 Å². The average molecular weight is 411 g/mol. The first-order valence-electron chi connectivity index (χ1n) is 8.77. The van der Waals surface area contributed by atoms with Crippen LogP contribution >= 0.6 is 11.3 Å². The van der Waals surface area contributed by atoms with Crippen molar-refractivity contribution in [2.75, 3.05) is 16.8 Å². The zero-order chi connectivity index (χ0) is 20.4. The highest BCUT2D eigenvalue weighted by Crippen LogP contribution is 2.33. The van der Waals surface area contributed by atoms with Crippen molar-refractivity contribution in [2.24, 2.45) is 4.99 Å². The van der Waals surface area contributed by atoms with Gasteiger partial charge in [-0.05, 0) is 35.7 Å². The van der Waals surface area contributed by atoms with Crippen molar-refractivity contribution in [2.45, 2.75) is 6.42 Å². The molecule has 1 aliphatic rings. The molecule has 1 aliphatic heterocycles. The summed E-state index contributed by atoms with van der Waals surface area (Å²) in [5.41, 5.74) is 1.85. The highest BCUT2D eigenvalue weighted by Gasteiger charge is 2.27. The minimum atomic E-state index is -1.06. The Labute approximate surface area is 169 Å². The minimum absolute atomic E-state index is 0.0493. The third-order valence-electron chi connectivity index (χ3n) is 4.36. The lowest BCUT2D eigenvalue weighted by molar-refractivity contribution is -0.120. The van der Waals surface area contributed by atoms with E-state index in [4.69, 9.17) is 0 Å². The van der Waals surface area contributed by atoms with Crippen LogP contribution in [0.5, 0.6) is 0 Å². The van der Waals surface area contributed by atoms with E-state index < -0.39 is 17.5 Å². The Morgan fingerprint density at radius 3 is 2.69 bits per heavy atom. The Bertz CT molecular complexity index is 1110. The molecular formula is C21H15F2N3O2S. The summed E-state index contributed by atoms with van der Waals surface area (Å²) < 4.78 is 26.4. The summed E-state index contributed by atoms with van der Waals surface area (Å²) in [7, 11) is 0. The van der Waals surface area contributed by atoms with Gasteiger partial charge in [-0.25, -0.2) is 13.8 Å². The second-order valence-electron chi connectivity index (χ2n) is 6.36. The quantitative estimate of drug-likeness (QED) is 0.686. The summed E-state index contributed by atoms with van der Waals surface area (Å²) in [6.07, 6.45) is 0.0493. The molecule has 2 amide bonds. The molecule has 1 N–H and O–H groups in total. The fourth-order valence-corrected chi connectivity index (χ4v) is 3.74. The lowest BCUT2D eigenvalue weighted by Crippen LogP contribution is -2.38. The van der Waals surface area contributed by atoms with Crippen LogP contribution in [0.1, 0.15) is 11.3 Å². The van der Waals surface area contributed by atoms with Crippen molar-refractivity contribution in [3.8, 4) is 0 Å². The van der Waals surface area contributed by atoms with Crippen molar-refractivity contribution in [3.63, 3.8) is 0 Å². The predicted molar refractivity (Wildman–Crippen MR) is 109 cm³/mol. The van der Waals surface area contributed by atoms with Gasteiger partial charge in [-0.3, -0.25) is 9.59 Å². The summed E-state index contributed by atoms with van der Waals surface area (Å²) in [6.45, 7) is -0.276. The maximum atomic E-state index is 13.4. The molecule has 2 heterocycles. The number of nitrogens with one attached hydrogen (secondary N) is 1. The van der Waals surface area contributed by atoms with Gasteiger partial charge >= 0.3 is 0 Å². The normalized spacial score (nSPS) is 13.5. The number of hydrogen-bond acceptors (Lipinski definition) is 4. The van der Waals surface area contributed by atoms with Crippen molar-refractivity contribution in [1.29, 1.82) is 0 Å². The van der Waals surface area contributed by atoms with E-state index in [-0.39, 0.29) is 24.6 Å². The fourth-order valence-electron chi connectivity index (χ4n) is 3.02. The number of thiophene rings is 1. The van der Waals surface area contributed by atoms with Crippen LogP contribution in [-0.4, -0.2) is 24.1 Å². The average Bonchev–Trinajstić information content (AvgIpc) is 3.19. The Kier molecular flexibility index (Phi) is 5.18. The molecule has 0 spiro atoms. The maximum Gasteiger partial charge on any atom is 0.244 e. The van der Waals surface area contributed by atoms with Gasteiger partial charge in [0, 0.05) is 16.6 Å². The molecule has 0 bridgehead atoms. The zero-order valence-electron chi connectivity index (χ0n) is 15.1. The molecule has 1 aromatic heterocycles. The largest absolute Gasteiger partial charge is 0.324 e. The highest BCUT2D eigenvalue weighted by molar-refractivity contribution is 7.12. The number of carbonyl (C=O) groups is 2. The van der Waals surface area contributed by atoms with Gasteiger partial charge in [0.05, 0.1) is 23.5 Å². The van der Waals surface area contributed by atoms with Gasteiger partial charge in [0.2, 0.25) is 11.8 Å². The molecule has 0 atom stereocenters. The van der Waals surface area contributed by atoms with E-state index in [1.807, 2.05) is 23.6 Å². The lowest BCUT2D eigenvalue weighted by Gasteiger charge is -2.21. The van der Waals surface area contributed by atoms with E-state index in [0.29, 0.717) is 17.1 Å². The number of amides is 2. The molecule has 0 radical (unpaired) electrons. The van der Waals surface area contributed by atoms with Crippen molar-refractivity contribution >= 4 is 45.9 Å². The van der Waals surface area contributed by atoms with Crippen molar-refractivity contribution < 1.29 is 18.4 Å².